The highest BCUT2D eigenvalue weighted by molar-refractivity contribution is 6.31. The zero-order valence-electron chi connectivity index (χ0n) is 12.0. The van der Waals surface area contributed by atoms with E-state index in [0.29, 0.717) is 13.2 Å². The van der Waals surface area contributed by atoms with E-state index in [1.807, 2.05) is 43.3 Å². The van der Waals surface area contributed by atoms with Crippen LogP contribution in [0.5, 0.6) is 0 Å². The second kappa shape index (κ2) is 8.20. The van der Waals surface area contributed by atoms with Crippen LogP contribution in [0.4, 0.5) is 0 Å². The Balaban J connectivity index is 1.68. The van der Waals surface area contributed by atoms with E-state index in [2.05, 4.69) is 5.32 Å². The van der Waals surface area contributed by atoms with Gasteiger partial charge in [0.05, 0.1) is 19.0 Å². The Morgan fingerprint density at radius 2 is 2.10 bits per heavy atom. The van der Waals surface area contributed by atoms with E-state index >= 15 is 0 Å². The van der Waals surface area contributed by atoms with Gasteiger partial charge in [0.25, 0.3) is 0 Å². The molecule has 114 valence electrons. The Morgan fingerprint density at radius 1 is 1.29 bits per heavy atom. The third kappa shape index (κ3) is 5.17. The smallest absolute Gasteiger partial charge is 0.129 e. The van der Waals surface area contributed by atoms with Crippen molar-refractivity contribution < 1.29 is 14.3 Å². The molecule has 5 heteroatoms. The van der Waals surface area contributed by atoms with Crippen molar-refractivity contribution >= 4 is 11.6 Å². The molecule has 0 bridgehead atoms. The number of benzene rings is 1. The van der Waals surface area contributed by atoms with Crippen LogP contribution in [0.25, 0.3) is 0 Å². The number of aliphatic hydroxyl groups is 1. The average molecular weight is 310 g/mol. The SMILES string of the molecule is CC(NCC(O)COCc1ccco1)c1ccccc1Cl. The minimum absolute atomic E-state index is 0.0680. The average Bonchev–Trinajstić information content (AvgIpc) is 2.98. The number of hydrogen-bond donors (Lipinski definition) is 2. The fourth-order valence-corrected chi connectivity index (χ4v) is 2.30. The Bertz CT molecular complexity index is 530. The molecule has 1 aromatic carbocycles. The van der Waals surface area contributed by atoms with E-state index < -0.39 is 6.10 Å². The topological polar surface area (TPSA) is 54.6 Å². The Hall–Kier alpha value is -1.33. The number of ether oxygens (including phenoxy) is 1. The minimum Gasteiger partial charge on any atom is -0.467 e. The highest BCUT2D eigenvalue weighted by atomic mass is 35.5. The normalized spacial score (nSPS) is 14.0. The summed E-state index contributed by atoms with van der Waals surface area (Å²) in [6, 6.07) is 11.4. The Morgan fingerprint density at radius 3 is 2.81 bits per heavy atom. The van der Waals surface area contributed by atoms with E-state index in [1.165, 1.54) is 0 Å². The highest BCUT2D eigenvalue weighted by Gasteiger charge is 2.11. The molecule has 2 unspecified atom stereocenters. The van der Waals surface area contributed by atoms with Gasteiger partial charge in [0.15, 0.2) is 0 Å². The van der Waals surface area contributed by atoms with E-state index in [9.17, 15) is 5.11 Å². The maximum atomic E-state index is 9.89. The Kier molecular flexibility index (Phi) is 6.26. The monoisotopic (exact) mass is 309 g/mol. The fraction of sp³-hybridized carbons (Fsp3) is 0.375. The van der Waals surface area contributed by atoms with Crippen LogP contribution >= 0.6 is 11.6 Å². The third-order valence-corrected chi connectivity index (χ3v) is 3.51. The van der Waals surface area contributed by atoms with Crippen LogP contribution in [0.1, 0.15) is 24.3 Å². The van der Waals surface area contributed by atoms with Gasteiger partial charge in [0.1, 0.15) is 12.4 Å². The van der Waals surface area contributed by atoms with Gasteiger partial charge in [-0.2, -0.15) is 0 Å². The summed E-state index contributed by atoms with van der Waals surface area (Å²) in [6.07, 6.45) is 1.02. The second-order valence-electron chi connectivity index (χ2n) is 4.90. The minimum atomic E-state index is -0.579. The first-order valence-electron chi connectivity index (χ1n) is 6.93. The lowest BCUT2D eigenvalue weighted by molar-refractivity contribution is 0.0217. The molecule has 1 heterocycles. The lowest BCUT2D eigenvalue weighted by Gasteiger charge is -2.18. The van der Waals surface area contributed by atoms with Crippen molar-refractivity contribution in [3.05, 3.63) is 59.0 Å². The summed E-state index contributed by atoms with van der Waals surface area (Å²) >= 11 is 6.14. The van der Waals surface area contributed by atoms with E-state index in [4.69, 9.17) is 20.8 Å². The van der Waals surface area contributed by atoms with Crippen molar-refractivity contribution in [2.24, 2.45) is 0 Å². The molecule has 2 N–H and O–H groups in total. The number of halogens is 1. The molecule has 0 aliphatic rings. The molecule has 0 aliphatic carbocycles. The number of furan rings is 1. The molecule has 0 fully saturated rings. The summed E-state index contributed by atoms with van der Waals surface area (Å²) in [4.78, 5) is 0. The molecule has 2 rings (SSSR count). The molecular formula is C16H20ClNO3. The van der Waals surface area contributed by atoms with Gasteiger partial charge in [-0.25, -0.2) is 0 Å². The van der Waals surface area contributed by atoms with Gasteiger partial charge in [-0.3, -0.25) is 0 Å². The molecule has 0 radical (unpaired) electrons. The van der Waals surface area contributed by atoms with Gasteiger partial charge in [-0.1, -0.05) is 29.8 Å². The second-order valence-corrected chi connectivity index (χ2v) is 5.31. The lowest BCUT2D eigenvalue weighted by atomic mass is 10.1. The molecule has 1 aromatic heterocycles. The standard InChI is InChI=1S/C16H20ClNO3/c1-12(15-6-2-3-7-16(15)17)18-9-13(19)10-20-11-14-5-4-8-21-14/h2-8,12-13,18-19H,9-11H2,1H3. The molecular weight excluding hydrogens is 290 g/mol. The van der Waals surface area contributed by atoms with Crippen molar-refractivity contribution in [2.45, 2.75) is 25.7 Å². The van der Waals surface area contributed by atoms with Crippen LogP contribution in [0, 0.1) is 0 Å². The van der Waals surface area contributed by atoms with Crippen LogP contribution < -0.4 is 5.32 Å². The van der Waals surface area contributed by atoms with Gasteiger partial charge in [-0.05, 0) is 30.7 Å². The molecule has 2 aromatic rings. The predicted molar refractivity (Wildman–Crippen MR) is 82.2 cm³/mol. The summed E-state index contributed by atoms with van der Waals surface area (Å²) in [6.45, 7) is 3.06. The van der Waals surface area contributed by atoms with Gasteiger partial charge >= 0.3 is 0 Å². The molecule has 4 nitrogen and oxygen atoms in total. The summed E-state index contributed by atoms with van der Waals surface area (Å²) in [5.74, 6) is 0.750. The van der Waals surface area contributed by atoms with Gasteiger partial charge in [0.2, 0.25) is 0 Å². The summed E-state index contributed by atoms with van der Waals surface area (Å²) in [5, 5.41) is 13.9. The molecule has 0 amide bonds. The molecule has 0 saturated heterocycles. The summed E-state index contributed by atoms with van der Waals surface area (Å²) < 4.78 is 10.5. The third-order valence-electron chi connectivity index (χ3n) is 3.17. The van der Waals surface area contributed by atoms with Crippen molar-refractivity contribution in [3.8, 4) is 0 Å². The van der Waals surface area contributed by atoms with E-state index in [0.717, 1.165) is 16.3 Å². The summed E-state index contributed by atoms with van der Waals surface area (Å²) in [5.41, 5.74) is 1.02. The van der Waals surface area contributed by atoms with Crippen molar-refractivity contribution in [3.63, 3.8) is 0 Å². The fourth-order valence-electron chi connectivity index (χ4n) is 2.00. The molecule has 0 saturated carbocycles. The Labute approximate surface area is 129 Å². The van der Waals surface area contributed by atoms with Crippen molar-refractivity contribution in [1.29, 1.82) is 0 Å². The number of hydrogen-bond acceptors (Lipinski definition) is 4. The number of aliphatic hydroxyl groups excluding tert-OH is 1. The summed E-state index contributed by atoms with van der Waals surface area (Å²) in [7, 11) is 0. The molecule has 0 aliphatic heterocycles. The molecule has 0 spiro atoms. The van der Waals surface area contributed by atoms with Crippen LogP contribution in [0.2, 0.25) is 5.02 Å². The van der Waals surface area contributed by atoms with Gasteiger partial charge in [0, 0.05) is 17.6 Å². The first-order chi connectivity index (χ1) is 10.2. The van der Waals surface area contributed by atoms with E-state index in [1.54, 1.807) is 6.26 Å². The van der Waals surface area contributed by atoms with Crippen LogP contribution in [-0.2, 0) is 11.3 Å². The van der Waals surface area contributed by atoms with Crippen LogP contribution in [-0.4, -0.2) is 24.4 Å². The largest absolute Gasteiger partial charge is 0.467 e. The predicted octanol–water partition coefficient (Wildman–Crippen LogP) is 3.16. The first-order valence-corrected chi connectivity index (χ1v) is 7.30. The maximum absolute atomic E-state index is 9.89. The molecule has 21 heavy (non-hydrogen) atoms. The zero-order chi connectivity index (χ0) is 15.1. The molecule has 2 atom stereocenters. The van der Waals surface area contributed by atoms with Crippen molar-refractivity contribution in [2.75, 3.05) is 13.2 Å². The quantitative estimate of drug-likeness (QED) is 0.786. The van der Waals surface area contributed by atoms with Gasteiger partial charge in [-0.15, -0.1) is 0 Å². The number of rotatable bonds is 8. The lowest BCUT2D eigenvalue weighted by Crippen LogP contribution is -2.32. The van der Waals surface area contributed by atoms with Crippen LogP contribution in [0.15, 0.2) is 47.1 Å². The maximum Gasteiger partial charge on any atom is 0.129 e. The van der Waals surface area contributed by atoms with Gasteiger partial charge < -0.3 is 19.6 Å². The number of nitrogens with one attached hydrogen (secondary N) is 1. The zero-order valence-corrected chi connectivity index (χ0v) is 12.7. The van der Waals surface area contributed by atoms with Crippen molar-refractivity contribution in [1.82, 2.24) is 5.32 Å². The highest BCUT2D eigenvalue weighted by Crippen LogP contribution is 2.21. The van der Waals surface area contributed by atoms with Crippen LogP contribution in [0.3, 0.4) is 0 Å². The van der Waals surface area contributed by atoms with E-state index in [-0.39, 0.29) is 12.6 Å². The first kappa shape index (κ1) is 16.0.